The fourth-order valence-electron chi connectivity index (χ4n) is 2.32. The van der Waals surface area contributed by atoms with Crippen molar-refractivity contribution < 1.29 is 41.4 Å². The van der Waals surface area contributed by atoms with E-state index >= 15 is 0 Å². The molecular weight excluding hydrogens is 386 g/mol. The summed E-state index contributed by atoms with van der Waals surface area (Å²) in [6, 6.07) is 0.168. The van der Waals surface area contributed by atoms with E-state index < -0.39 is 58.0 Å². The minimum absolute atomic E-state index is 0.125. The van der Waals surface area contributed by atoms with Gasteiger partial charge in [-0.25, -0.2) is 22.4 Å². The molecule has 0 aliphatic rings. The summed E-state index contributed by atoms with van der Waals surface area (Å²) in [4.78, 5) is 24.7. The van der Waals surface area contributed by atoms with Crippen molar-refractivity contribution in [1.29, 1.82) is 0 Å². The lowest BCUT2D eigenvalue weighted by Gasteiger charge is -2.32. The molecule has 156 valence electrons. The van der Waals surface area contributed by atoms with Crippen molar-refractivity contribution in [2.45, 2.75) is 32.6 Å². The number of Topliss-reactive ketones (excluding diaryl/α,β-unsaturated/α-hetero) is 1. The highest BCUT2D eigenvalue weighted by atomic mass is 19.2. The van der Waals surface area contributed by atoms with Crippen LogP contribution in [0.15, 0.2) is 17.8 Å². The monoisotopic (exact) mass is 407 g/mol. The molecule has 0 amide bonds. The van der Waals surface area contributed by atoms with Gasteiger partial charge >= 0.3 is 5.97 Å². The van der Waals surface area contributed by atoms with Crippen molar-refractivity contribution in [2.24, 2.45) is 0 Å². The van der Waals surface area contributed by atoms with Gasteiger partial charge in [0.1, 0.15) is 5.57 Å². The lowest BCUT2D eigenvalue weighted by atomic mass is 10.0. The second-order valence-corrected chi connectivity index (χ2v) is 6.12. The molecule has 0 atom stereocenters. The van der Waals surface area contributed by atoms with E-state index in [0.29, 0.717) is 0 Å². The zero-order valence-electron chi connectivity index (χ0n) is 16.0. The molecule has 0 radical (unpaired) electrons. The molecule has 28 heavy (non-hydrogen) atoms. The molecule has 1 aromatic carbocycles. The summed E-state index contributed by atoms with van der Waals surface area (Å²) < 4.78 is 69.0. The third kappa shape index (κ3) is 5.08. The first kappa shape index (κ1) is 23.6. The van der Waals surface area contributed by atoms with Crippen LogP contribution in [0.3, 0.4) is 0 Å². The van der Waals surface area contributed by atoms with Gasteiger partial charge < -0.3 is 19.5 Å². The average Bonchev–Trinajstić information content (AvgIpc) is 2.63. The summed E-state index contributed by atoms with van der Waals surface area (Å²) >= 11 is 0. The first-order valence-corrected chi connectivity index (χ1v) is 8.10. The summed E-state index contributed by atoms with van der Waals surface area (Å²) in [6.07, 6.45) is 0.0731. The van der Waals surface area contributed by atoms with Gasteiger partial charge in [0.25, 0.3) is 0 Å². The third-order valence-electron chi connectivity index (χ3n) is 3.69. The molecule has 0 aliphatic carbocycles. The number of ketones is 1. The van der Waals surface area contributed by atoms with Gasteiger partial charge in [-0.1, -0.05) is 0 Å². The molecular formula is C18H21F4NO5. The average molecular weight is 407 g/mol. The SMILES string of the molecule is CCOC(=O)C(=CNC(C)(C)C(OC)OC)C(=O)c1cc(F)c(F)c(F)c1F. The van der Waals surface area contributed by atoms with Crippen molar-refractivity contribution in [2.75, 3.05) is 20.8 Å². The number of hydrogen-bond donors (Lipinski definition) is 1. The number of methoxy groups -OCH3 is 2. The lowest BCUT2D eigenvalue weighted by Crippen LogP contribution is -2.49. The van der Waals surface area contributed by atoms with Crippen molar-refractivity contribution >= 4 is 11.8 Å². The van der Waals surface area contributed by atoms with Crippen LogP contribution in [-0.2, 0) is 19.0 Å². The summed E-state index contributed by atoms with van der Waals surface area (Å²) in [6.45, 7) is 4.54. The molecule has 0 spiro atoms. The van der Waals surface area contributed by atoms with E-state index in [1.807, 2.05) is 0 Å². The Bertz CT molecular complexity index is 776. The molecule has 0 aliphatic heterocycles. The molecule has 1 N–H and O–H groups in total. The van der Waals surface area contributed by atoms with Gasteiger partial charge in [0.15, 0.2) is 29.6 Å². The number of carbonyl (C=O) groups excluding carboxylic acids is 2. The number of halogens is 4. The number of nitrogens with one attached hydrogen (secondary N) is 1. The maximum absolute atomic E-state index is 14.0. The quantitative estimate of drug-likeness (QED) is 0.0781. The van der Waals surface area contributed by atoms with E-state index in [2.05, 4.69) is 5.32 Å². The maximum atomic E-state index is 14.0. The Kier molecular flexibility index (Phi) is 8.13. The summed E-state index contributed by atoms with van der Waals surface area (Å²) in [5, 5.41) is 2.69. The fourth-order valence-corrected chi connectivity index (χ4v) is 2.32. The lowest BCUT2D eigenvalue weighted by molar-refractivity contribution is -0.144. The molecule has 0 fully saturated rings. The highest BCUT2D eigenvalue weighted by Gasteiger charge is 2.32. The van der Waals surface area contributed by atoms with Crippen molar-refractivity contribution in [3.05, 3.63) is 46.7 Å². The predicted octanol–water partition coefficient (Wildman–Crippen LogP) is 2.86. The highest BCUT2D eigenvalue weighted by molar-refractivity contribution is 6.24. The van der Waals surface area contributed by atoms with Crippen LogP contribution in [0.25, 0.3) is 0 Å². The molecule has 0 saturated carbocycles. The Labute approximate surface area is 159 Å². The van der Waals surface area contributed by atoms with Gasteiger partial charge in [0, 0.05) is 20.4 Å². The molecule has 0 saturated heterocycles. The number of esters is 1. The molecule has 0 unspecified atom stereocenters. The zero-order valence-corrected chi connectivity index (χ0v) is 16.0. The molecule has 6 nitrogen and oxygen atoms in total. The first-order chi connectivity index (χ1) is 13.0. The van der Waals surface area contributed by atoms with Crippen LogP contribution in [0, 0.1) is 23.3 Å². The summed E-state index contributed by atoms with van der Waals surface area (Å²) in [7, 11) is 2.72. The van der Waals surface area contributed by atoms with Gasteiger partial charge in [-0.05, 0) is 26.8 Å². The normalized spacial score (nSPS) is 12.3. The van der Waals surface area contributed by atoms with Gasteiger partial charge in [-0.2, -0.15) is 0 Å². The Morgan fingerprint density at radius 3 is 2.18 bits per heavy atom. The summed E-state index contributed by atoms with van der Waals surface area (Å²) in [5.41, 5.74) is -2.91. The van der Waals surface area contributed by atoms with Crippen LogP contribution in [-0.4, -0.2) is 44.4 Å². The Balaban J connectivity index is 3.40. The third-order valence-corrected chi connectivity index (χ3v) is 3.69. The minimum Gasteiger partial charge on any atom is -0.462 e. The van der Waals surface area contributed by atoms with E-state index in [1.165, 1.54) is 21.1 Å². The Morgan fingerprint density at radius 2 is 1.68 bits per heavy atom. The van der Waals surface area contributed by atoms with Crippen LogP contribution in [0.1, 0.15) is 31.1 Å². The number of ether oxygens (including phenoxy) is 3. The van der Waals surface area contributed by atoms with E-state index in [1.54, 1.807) is 13.8 Å². The number of carbonyl (C=O) groups is 2. The topological polar surface area (TPSA) is 73.9 Å². The number of rotatable bonds is 9. The Hall–Kier alpha value is -2.46. The van der Waals surface area contributed by atoms with Crippen molar-refractivity contribution in [3.8, 4) is 0 Å². The van der Waals surface area contributed by atoms with E-state index in [4.69, 9.17) is 14.2 Å². The number of benzene rings is 1. The summed E-state index contributed by atoms with van der Waals surface area (Å²) in [5.74, 6) is -10.5. The molecule has 1 rings (SSSR count). The molecule has 0 aromatic heterocycles. The molecule has 10 heteroatoms. The molecule has 0 bridgehead atoms. The maximum Gasteiger partial charge on any atom is 0.343 e. The van der Waals surface area contributed by atoms with Crippen LogP contribution in [0.2, 0.25) is 0 Å². The first-order valence-electron chi connectivity index (χ1n) is 8.10. The van der Waals surface area contributed by atoms with Crippen molar-refractivity contribution in [3.63, 3.8) is 0 Å². The van der Waals surface area contributed by atoms with Crippen molar-refractivity contribution in [1.82, 2.24) is 5.32 Å². The largest absolute Gasteiger partial charge is 0.462 e. The van der Waals surface area contributed by atoms with E-state index in [-0.39, 0.29) is 12.7 Å². The van der Waals surface area contributed by atoms with E-state index in [0.717, 1.165) is 6.20 Å². The second kappa shape index (κ2) is 9.65. The fraction of sp³-hybridized carbons (Fsp3) is 0.444. The molecule has 0 heterocycles. The Morgan fingerprint density at radius 1 is 1.11 bits per heavy atom. The van der Waals surface area contributed by atoms with Crippen LogP contribution < -0.4 is 5.32 Å². The second-order valence-electron chi connectivity index (χ2n) is 6.12. The smallest absolute Gasteiger partial charge is 0.343 e. The van der Waals surface area contributed by atoms with Gasteiger partial charge in [-0.15, -0.1) is 0 Å². The number of hydrogen-bond acceptors (Lipinski definition) is 6. The van der Waals surface area contributed by atoms with Gasteiger partial charge in [0.05, 0.1) is 17.7 Å². The van der Waals surface area contributed by atoms with Gasteiger partial charge in [-0.3, -0.25) is 4.79 Å². The zero-order chi connectivity index (χ0) is 21.6. The van der Waals surface area contributed by atoms with Crippen LogP contribution >= 0.6 is 0 Å². The van der Waals surface area contributed by atoms with Gasteiger partial charge in [0.2, 0.25) is 5.78 Å². The molecule has 1 aromatic rings. The minimum atomic E-state index is -2.17. The highest BCUT2D eigenvalue weighted by Crippen LogP contribution is 2.22. The van der Waals surface area contributed by atoms with Crippen LogP contribution in [0.5, 0.6) is 0 Å². The predicted molar refractivity (Wildman–Crippen MR) is 90.3 cm³/mol. The standard InChI is InChI=1S/C18H21F4NO5/c1-6-28-16(25)10(8-23-18(2,3)17(26-4)27-5)15(24)9-7-11(19)13(21)14(22)12(9)20/h7-8,17,23H,6H2,1-5H3. The van der Waals surface area contributed by atoms with E-state index in [9.17, 15) is 27.2 Å². The van der Waals surface area contributed by atoms with Crippen LogP contribution in [0.4, 0.5) is 17.6 Å².